The van der Waals surface area contributed by atoms with Crippen LogP contribution in [0.3, 0.4) is 0 Å². The average molecular weight is 408 g/mol. The predicted molar refractivity (Wildman–Crippen MR) is 106 cm³/mol. The molecule has 1 heterocycles. The lowest BCUT2D eigenvalue weighted by molar-refractivity contribution is -0.136. The minimum absolute atomic E-state index is 0.0718. The van der Waals surface area contributed by atoms with Crippen molar-refractivity contribution in [3.63, 3.8) is 0 Å². The van der Waals surface area contributed by atoms with Crippen LogP contribution in [0.4, 0.5) is 4.39 Å². The van der Waals surface area contributed by atoms with E-state index in [-0.39, 0.29) is 22.4 Å². The first-order valence-corrected chi connectivity index (χ1v) is 9.13. The molecule has 0 unspecified atom stereocenters. The summed E-state index contributed by atoms with van der Waals surface area (Å²) < 4.78 is 25.9. The van der Waals surface area contributed by atoms with Crippen molar-refractivity contribution in [1.29, 1.82) is 0 Å². The number of benzene rings is 1. The van der Waals surface area contributed by atoms with Crippen molar-refractivity contribution in [2.75, 3.05) is 20.3 Å². The van der Waals surface area contributed by atoms with Gasteiger partial charge in [-0.2, -0.15) is 0 Å². The Morgan fingerprint density at radius 2 is 2.04 bits per heavy atom. The van der Waals surface area contributed by atoms with Gasteiger partial charge in [0.25, 0.3) is 0 Å². The number of carbonyl (C=O) groups excluding carboxylic acids is 2. The predicted octanol–water partition coefficient (Wildman–Crippen LogP) is 4.54. The van der Waals surface area contributed by atoms with Crippen LogP contribution in [0.15, 0.2) is 30.3 Å². The maximum Gasteiger partial charge on any atom is 0.331 e. The molecule has 150 valence electrons. The molecule has 0 saturated carbocycles. The van der Waals surface area contributed by atoms with Gasteiger partial charge < -0.3 is 14.0 Å². The number of hydrogen-bond donors (Lipinski definition) is 0. The zero-order chi connectivity index (χ0) is 20.8. The Balaban J connectivity index is 2.03. The number of halogens is 2. The van der Waals surface area contributed by atoms with Crippen molar-refractivity contribution in [1.82, 2.24) is 4.57 Å². The topological polar surface area (TPSA) is 57.5 Å². The zero-order valence-electron chi connectivity index (χ0n) is 16.3. The highest BCUT2D eigenvalue weighted by Crippen LogP contribution is 2.22. The SMILES string of the molecule is COC[C@@H](C)n1c(C)cc(C(=O)COC(=O)/C=C/c2c(F)cccc2Cl)c1C. The summed E-state index contributed by atoms with van der Waals surface area (Å²) in [7, 11) is 1.62. The van der Waals surface area contributed by atoms with Gasteiger partial charge in [0.05, 0.1) is 17.7 Å². The van der Waals surface area contributed by atoms with Crippen molar-refractivity contribution in [3.8, 4) is 0 Å². The molecule has 0 aliphatic heterocycles. The van der Waals surface area contributed by atoms with E-state index in [0.29, 0.717) is 12.2 Å². The molecule has 0 aliphatic rings. The van der Waals surface area contributed by atoms with E-state index in [1.165, 1.54) is 24.3 Å². The van der Waals surface area contributed by atoms with Crippen molar-refractivity contribution in [3.05, 3.63) is 63.7 Å². The number of aromatic nitrogens is 1. The minimum Gasteiger partial charge on any atom is -0.454 e. The highest BCUT2D eigenvalue weighted by molar-refractivity contribution is 6.32. The third kappa shape index (κ3) is 5.09. The van der Waals surface area contributed by atoms with Crippen LogP contribution in [0.5, 0.6) is 0 Å². The summed E-state index contributed by atoms with van der Waals surface area (Å²) in [6, 6.07) is 6.06. The number of nitrogens with zero attached hydrogens (tertiary/aromatic N) is 1. The highest BCUT2D eigenvalue weighted by atomic mass is 35.5. The Morgan fingerprint density at radius 3 is 2.68 bits per heavy atom. The van der Waals surface area contributed by atoms with Gasteiger partial charge in [0.1, 0.15) is 5.82 Å². The number of hydrogen-bond acceptors (Lipinski definition) is 4. The molecule has 2 aromatic rings. The third-order valence-electron chi connectivity index (χ3n) is 4.36. The molecule has 0 fully saturated rings. The average Bonchev–Trinajstić information content (AvgIpc) is 2.94. The molecule has 0 bridgehead atoms. The largest absolute Gasteiger partial charge is 0.454 e. The van der Waals surface area contributed by atoms with E-state index >= 15 is 0 Å². The summed E-state index contributed by atoms with van der Waals surface area (Å²) >= 11 is 5.89. The van der Waals surface area contributed by atoms with Gasteiger partial charge in [-0.05, 0) is 45.0 Å². The molecule has 0 saturated heterocycles. The summed E-state index contributed by atoms with van der Waals surface area (Å²) in [5, 5.41) is 0.178. The fourth-order valence-corrected chi connectivity index (χ4v) is 3.36. The van der Waals surface area contributed by atoms with Crippen LogP contribution in [0.2, 0.25) is 5.02 Å². The number of rotatable bonds is 8. The normalized spacial score (nSPS) is 12.4. The Hall–Kier alpha value is -2.44. The molecule has 0 N–H and O–H groups in total. The van der Waals surface area contributed by atoms with Crippen LogP contribution in [-0.2, 0) is 14.3 Å². The summed E-state index contributed by atoms with van der Waals surface area (Å²) in [6.07, 6.45) is 2.27. The van der Waals surface area contributed by atoms with Crippen LogP contribution >= 0.6 is 11.6 Å². The summed E-state index contributed by atoms with van der Waals surface area (Å²) in [6.45, 7) is 5.85. The standard InChI is InChI=1S/C21H23ClFNO4/c1-13-10-17(15(3)24(13)14(2)11-27-4)20(25)12-28-21(26)9-8-16-18(22)6-5-7-19(16)23/h5-10,14H,11-12H2,1-4H3/b9-8+/t14-/m1/s1. The number of ether oxygens (including phenoxy) is 2. The van der Waals surface area contributed by atoms with Gasteiger partial charge in [-0.1, -0.05) is 17.7 Å². The van der Waals surface area contributed by atoms with Gasteiger partial charge in [-0.3, -0.25) is 4.79 Å². The lowest BCUT2D eigenvalue weighted by Crippen LogP contribution is -2.16. The molecule has 2 rings (SSSR count). The van der Waals surface area contributed by atoms with E-state index in [4.69, 9.17) is 21.1 Å². The zero-order valence-corrected chi connectivity index (χ0v) is 17.0. The van der Waals surface area contributed by atoms with Crippen molar-refractivity contribution < 1.29 is 23.5 Å². The molecule has 1 atom stereocenters. The molecule has 28 heavy (non-hydrogen) atoms. The number of Topliss-reactive ketones (excluding diaryl/α,β-unsaturated/α-hetero) is 1. The van der Waals surface area contributed by atoms with E-state index < -0.39 is 18.4 Å². The fourth-order valence-electron chi connectivity index (χ4n) is 3.14. The number of ketones is 1. The summed E-state index contributed by atoms with van der Waals surface area (Å²) in [5.74, 6) is -1.62. The first-order chi connectivity index (χ1) is 13.3. The molecular formula is C21H23ClFNO4. The van der Waals surface area contributed by atoms with E-state index in [1.54, 1.807) is 13.2 Å². The monoisotopic (exact) mass is 407 g/mol. The van der Waals surface area contributed by atoms with Crippen molar-refractivity contribution in [2.45, 2.75) is 26.8 Å². The van der Waals surface area contributed by atoms with E-state index in [1.807, 2.05) is 25.3 Å². The minimum atomic E-state index is -0.755. The molecule has 1 aromatic carbocycles. The van der Waals surface area contributed by atoms with Gasteiger partial charge in [-0.15, -0.1) is 0 Å². The highest BCUT2D eigenvalue weighted by Gasteiger charge is 2.19. The summed E-state index contributed by atoms with van der Waals surface area (Å²) in [5.41, 5.74) is 2.29. The number of carbonyl (C=O) groups is 2. The fraction of sp³-hybridized carbons (Fsp3) is 0.333. The number of esters is 1. The quantitative estimate of drug-likeness (QED) is 0.366. The summed E-state index contributed by atoms with van der Waals surface area (Å²) in [4.78, 5) is 24.3. The third-order valence-corrected chi connectivity index (χ3v) is 4.69. The van der Waals surface area contributed by atoms with Crippen LogP contribution in [0.1, 0.15) is 40.3 Å². The molecule has 0 radical (unpaired) electrons. The Labute approximate surface area is 168 Å². The van der Waals surface area contributed by atoms with Gasteiger partial charge >= 0.3 is 5.97 Å². The smallest absolute Gasteiger partial charge is 0.331 e. The molecular weight excluding hydrogens is 385 g/mol. The second-order valence-corrected chi connectivity index (χ2v) is 6.87. The Bertz CT molecular complexity index is 884. The maximum absolute atomic E-state index is 13.7. The van der Waals surface area contributed by atoms with Gasteiger partial charge in [-0.25, -0.2) is 9.18 Å². The number of methoxy groups -OCH3 is 1. The Morgan fingerprint density at radius 1 is 1.32 bits per heavy atom. The second kappa shape index (κ2) is 9.66. The van der Waals surface area contributed by atoms with Crippen LogP contribution in [0.25, 0.3) is 6.08 Å². The van der Waals surface area contributed by atoms with Crippen LogP contribution in [0, 0.1) is 19.7 Å². The van der Waals surface area contributed by atoms with Crippen LogP contribution < -0.4 is 0 Å². The first kappa shape index (κ1) is 21.9. The molecule has 7 heteroatoms. The van der Waals surface area contributed by atoms with E-state index in [2.05, 4.69) is 0 Å². The van der Waals surface area contributed by atoms with Gasteiger partial charge in [0.2, 0.25) is 5.78 Å². The van der Waals surface area contributed by atoms with Crippen molar-refractivity contribution >= 4 is 29.4 Å². The molecule has 1 aromatic heterocycles. The van der Waals surface area contributed by atoms with Crippen molar-refractivity contribution in [2.24, 2.45) is 0 Å². The number of aryl methyl sites for hydroxylation is 1. The lowest BCUT2D eigenvalue weighted by atomic mass is 10.1. The lowest BCUT2D eigenvalue weighted by Gasteiger charge is -2.17. The molecule has 5 nitrogen and oxygen atoms in total. The molecule has 0 aliphatic carbocycles. The maximum atomic E-state index is 13.7. The second-order valence-electron chi connectivity index (χ2n) is 6.46. The van der Waals surface area contributed by atoms with E-state index in [0.717, 1.165) is 17.5 Å². The molecule has 0 spiro atoms. The Kier molecular flexibility index (Phi) is 7.54. The van der Waals surface area contributed by atoms with Crippen LogP contribution in [-0.4, -0.2) is 36.6 Å². The first-order valence-electron chi connectivity index (χ1n) is 8.75. The molecule has 0 amide bonds. The van der Waals surface area contributed by atoms with Gasteiger partial charge in [0, 0.05) is 35.7 Å². The van der Waals surface area contributed by atoms with E-state index in [9.17, 15) is 14.0 Å². The van der Waals surface area contributed by atoms with Gasteiger partial charge in [0.15, 0.2) is 6.61 Å².